The van der Waals surface area contributed by atoms with Crippen molar-refractivity contribution in [2.24, 2.45) is 0 Å². The number of amides is 1. The van der Waals surface area contributed by atoms with E-state index < -0.39 is 10.8 Å². The highest BCUT2D eigenvalue weighted by molar-refractivity contribution is 7.85. The van der Waals surface area contributed by atoms with Gasteiger partial charge in [0.2, 0.25) is 5.91 Å². The molecule has 1 amide bonds. The Bertz CT molecular complexity index is 394. The summed E-state index contributed by atoms with van der Waals surface area (Å²) in [7, 11) is -1.29. The summed E-state index contributed by atoms with van der Waals surface area (Å²) in [6, 6.07) is 7.11. The Morgan fingerprint density at radius 2 is 2.00 bits per heavy atom. The van der Waals surface area contributed by atoms with Crippen LogP contribution in [-0.2, 0) is 22.1 Å². The number of benzene rings is 1. The van der Waals surface area contributed by atoms with Crippen LogP contribution in [-0.4, -0.2) is 33.3 Å². The maximum absolute atomic E-state index is 11.4. The van der Waals surface area contributed by atoms with E-state index in [1.807, 2.05) is 12.1 Å². The first-order valence-electron chi connectivity index (χ1n) is 5.09. The molecule has 1 atom stereocenters. The first-order chi connectivity index (χ1) is 8.11. The second kappa shape index (κ2) is 7.42. The Hall–Kier alpha value is -0.910. The van der Waals surface area contributed by atoms with E-state index in [9.17, 15) is 9.00 Å². The van der Waals surface area contributed by atoms with Gasteiger partial charge >= 0.3 is 0 Å². The van der Waals surface area contributed by atoms with Crippen LogP contribution in [0.5, 0.6) is 0 Å². The lowest BCUT2D eigenvalue weighted by Gasteiger charge is -2.05. The number of aliphatic hydroxyl groups is 1. The van der Waals surface area contributed by atoms with Crippen molar-refractivity contribution < 1.29 is 14.1 Å². The zero-order valence-corrected chi connectivity index (χ0v) is 10.8. The lowest BCUT2D eigenvalue weighted by Crippen LogP contribution is -2.28. The monoisotopic (exact) mass is 275 g/mol. The van der Waals surface area contributed by atoms with E-state index in [4.69, 9.17) is 16.7 Å². The Labute approximate surface area is 107 Å². The Kier molecular flexibility index (Phi) is 6.18. The van der Waals surface area contributed by atoms with E-state index in [2.05, 4.69) is 5.32 Å². The van der Waals surface area contributed by atoms with Gasteiger partial charge in [0.1, 0.15) is 5.75 Å². The minimum Gasteiger partial charge on any atom is -0.395 e. The van der Waals surface area contributed by atoms with Crippen molar-refractivity contribution in [2.45, 2.75) is 6.54 Å². The number of rotatable bonds is 6. The number of hydrogen-bond acceptors (Lipinski definition) is 3. The van der Waals surface area contributed by atoms with Crippen molar-refractivity contribution in [2.75, 3.05) is 18.1 Å². The van der Waals surface area contributed by atoms with E-state index in [1.165, 1.54) is 0 Å². The van der Waals surface area contributed by atoms with Crippen LogP contribution >= 0.6 is 11.6 Å². The molecule has 1 aromatic carbocycles. The molecule has 0 aliphatic carbocycles. The maximum Gasteiger partial charge on any atom is 0.232 e. The third kappa shape index (κ3) is 5.81. The highest BCUT2D eigenvalue weighted by Gasteiger charge is 2.06. The third-order valence-corrected chi connectivity index (χ3v) is 3.49. The van der Waals surface area contributed by atoms with Crippen molar-refractivity contribution >= 4 is 28.3 Å². The normalized spacial score (nSPS) is 12.1. The van der Waals surface area contributed by atoms with Crippen molar-refractivity contribution in [1.82, 2.24) is 5.32 Å². The smallest absolute Gasteiger partial charge is 0.232 e. The van der Waals surface area contributed by atoms with Crippen molar-refractivity contribution in [3.8, 4) is 0 Å². The van der Waals surface area contributed by atoms with Gasteiger partial charge in [-0.05, 0) is 17.7 Å². The summed E-state index contributed by atoms with van der Waals surface area (Å²) < 4.78 is 11.2. The molecule has 0 aliphatic heterocycles. The van der Waals surface area contributed by atoms with Crippen LogP contribution in [0.25, 0.3) is 0 Å². The SMILES string of the molecule is O=C(CS(=O)CCO)NCc1ccc(Cl)cc1. The molecule has 2 N–H and O–H groups in total. The second-order valence-electron chi connectivity index (χ2n) is 3.42. The van der Waals surface area contributed by atoms with E-state index in [0.29, 0.717) is 11.6 Å². The van der Waals surface area contributed by atoms with E-state index >= 15 is 0 Å². The van der Waals surface area contributed by atoms with Crippen LogP contribution in [0.2, 0.25) is 5.02 Å². The second-order valence-corrected chi connectivity index (χ2v) is 5.43. The summed E-state index contributed by atoms with van der Waals surface area (Å²) in [4.78, 5) is 11.4. The molecule has 1 unspecified atom stereocenters. The molecule has 0 radical (unpaired) electrons. The Morgan fingerprint density at radius 1 is 1.35 bits per heavy atom. The van der Waals surface area contributed by atoms with Gasteiger partial charge in [-0.2, -0.15) is 0 Å². The highest BCUT2D eigenvalue weighted by Crippen LogP contribution is 2.08. The van der Waals surface area contributed by atoms with Gasteiger partial charge in [-0.3, -0.25) is 9.00 Å². The molecule has 0 saturated heterocycles. The van der Waals surface area contributed by atoms with Crippen LogP contribution in [0, 0.1) is 0 Å². The van der Waals surface area contributed by atoms with E-state index in [1.54, 1.807) is 12.1 Å². The van der Waals surface area contributed by atoms with E-state index in [0.717, 1.165) is 5.56 Å². The molecule has 0 aliphatic rings. The van der Waals surface area contributed by atoms with Crippen LogP contribution in [0.15, 0.2) is 24.3 Å². The Morgan fingerprint density at radius 3 is 2.59 bits per heavy atom. The van der Waals surface area contributed by atoms with Crippen LogP contribution in [0.4, 0.5) is 0 Å². The molecular weight excluding hydrogens is 262 g/mol. The van der Waals surface area contributed by atoms with Gasteiger partial charge in [-0.1, -0.05) is 23.7 Å². The third-order valence-electron chi connectivity index (χ3n) is 2.01. The molecular formula is C11H14ClNO3S. The quantitative estimate of drug-likeness (QED) is 0.803. The average molecular weight is 276 g/mol. The number of aliphatic hydroxyl groups excluding tert-OH is 1. The largest absolute Gasteiger partial charge is 0.395 e. The lowest BCUT2D eigenvalue weighted by atomic mass is 10.2. The summed E-state index contributed by atoms with van der Waals surface area (Å²) in [5.74, 6) is -0.227. The number of carbonyl (C=O) groups is 1. The fourth-order valence-electron chi connectivity index (χ4n) is 1.17. The number of halogens is 1. The summed E-state index contributed by atoms with van der Waals surface area (Å²) in [6.45, 7) is 0.212. The molecule has 6 heteroatoms. The zero-order valence-electron chi connectivity index (χ0n) is 9.19. The first-order valence-corrected chi connectivity index (χ1v) is 6.95. The van der Waals surface area contributed by atoms with Crippen molar-refractivity contribution in [3.05, 3.63) is 34.9 Å². The molecule has 0 heterocycles. The molecule has 0 spiro atoms. The maximum atomic E-state index is 11.4. The molecule has 4 nitrogen and oxygen atoms in total. The van der Waals surface area contributed by atoms with Gasteiger partial charge in [0.25, 0.3) is 0 Å². The first kappa shape index (κ1) is 14.2. The standard InChI is InChI=1S/C11H14ClNO3S/c12-10-3-1-9(2-4-10)7-13-11(15)8-17(16)6-5-14/h1-4,14H,5-8H2,(H,13,15). The summed E-state index contributed by atoms with van der Waals surface area (Å²) in [5.41, 5.74) is 0.927. The van der Waals surface area contributed by atoms with E-state index in [-0.39, 0.29) is 24.0 Å². The van der Waals surface area contributed by atoms with Crippen LogP contribution in [0.3, 0.4) is 0 Å². The molecule has 17 heavy (non-hydrogen) atoms. The average Bonchev–Trinajstić information content (AvgIpc) is 2.28. The molecule has 0 saturated carbocycles. The molecule has 1 aromatic rings. The summed E-state index contributed by atoms with van der Waals surface area (Å²) >= 11 is 5.73. The number of nitrogens with one attached hydrogen (secondary N) is 1. The zero-order chi connectivity index (χ0) is 12.7. The summed E-state index contributed by atoms with van der Waals surface area (Å²) in [5, 5.41) is 11.8. The molecule has 94 valence electrons. The van der Waals surface area contributed by atoms with Gasteiger partial charge < -0.3 is 10.4 Å². The van der Waals surface area contributed by atoms with Crippen molar-refractivity contribution in [3.63, 3.8) is 0 Å². The predicted molar refractivity (Wildman–Crippen MR) is 68.3 cm³/mol. The fraction of sp³-hybridized carbons (Fsp3) is 0.364. The summed E-state index contributed by atoms with van der Waals surface area (Å²) in [6.07, 6.45) is 0. The van der Waals surface area contributed by atoms with Crippen LogP contribution < -0.4 is 5.32 Å². The number of carbonyl (C=O) groups excluding carboxylic acids is 1. The molecule has 0 aromatic heterocycles. The molecule has 0 fully saturated rings. The molecule has 0 bridgehead atoms. The van der Waals surface area contributed by atoms with Gasteiger partial charge in [0, 0.05) is 28.1 Å². The van der Waals surface area contributed by atoms with Gasteiger partial charge in [0.15, 0.2) is 0 Å². The molecule has 1 rings (SSSR count). The predicted octanol–water partition coefficient (Wildman–Crippen LogP) is 0.697. The van der Waals surface area contributed by atoms with Gasteiger partial charge in [-0.15, -0.1) is 0 Å². The van der Waals surface area contributed by atoms with Gasteiger partial charge in [0.05, 0.1) is 6.61 Å². The van der Waals surface area contributed by atoms with Crippen molar-refractivity contribution in [1.29, 1.82) is 0 Å². The lowest BCUT2D eigenvalue weighted by molar-refractivity contribution is -0.118. The minimum atomic E-state index is -1.29. The number of hydrogen-bond donors (Lipinski definition) is 2. The van der Waals surface area contributed by atoms with Crippen LogP contribution in [0.1, 0.15) is 5.56 Å². The minimum absolute atomic E-state index is 0.0752. The Balaban J connectivity index is 2.33. The fourth-order valence-corrected chi connectivity index (χ4v) is 2.04. The topological polar surface area (TPSA) is 66.4 Å². The highest BCUT2D eigenvalue weighted by atomic mass is 35.5. The van der Waals surface area contributed by atoms with Gasteiger partial charge in [-0.25, -0.2) is 0 Å².